The number of benzene rings is 2. The van der Waals surface area contributed by atoms with Crippen LogP contribution in [0.25, 0.3) is 11.0 Å². The molecule has 0 fully saturated rings. The number of aliphatic hydroxyl groups is 1. The highest BCUT2D eigenvalue weighted by Crippen LogP contribution is 2.31. The summed E-state index contributed by atoms with van der Waals surface area (Å²) in [6.07, 6.45) is -3.15. The summed E-state index contributed by atoms with van der Waals surface area (Å²) in [6, 6.07) is 11.5. The van der Waals surface area contributed by atoms with Crippen LogP contribution in [-0.2, 0) is 12.8 Å². The first-order valence-corrected chi connectivity index (χ1v) is 10.5. The summed E-state index contributed by atoms with van der Waals surface area (Å²) >= 11 is 0. The average molecular weight is 496 g/mol. The molecule has 0 saturated heterocycles. The average Bonchev–Trinajstić information content (AvgIpc) is 2.84. The van der Waals surface area contributed by atoms with Crippen LogP contribution in [0, 0.1) is 6.92 Å². The number of rotatable bonds is 5. The number of aryl methyl sites for hydroxylation is 1. The lowest BCUT2D eigenvalue weighted by atomic mass is 10.1. The summed E-state index contributed by atoms with van der Waals surface area (Å²) in [4.78, 5) is 33.1. The van der Waals surface area contributed by atoms with E-state index >= 15 is 0 Å². The van der Waals surface area contributed by atoms with Gasteiger partial charge in [0.25, 0.3) is 5.91 Å². The van der Waals surface area contributed by atoms with Gasteiger partial charge in [-0.2, -0.15) is 13.2 Å². The third-order valence-corrected chi connectivity index (χ3v) is 5.30. The number of carbonyl (C=O) groups excluding carboxylic acids is 2. The number of halogens is 3. The van der Waals surface area contributed by atoms with E-state index in [1.807, 2.05) is 0 Å². The highest BCUT2D eigenvalue weighted by molar-refractivity contribution is 6.05. The summed E-state index contributed by atoms with van der Waals surface area (Å²) in [7, 11) is 0. The molecule has 8 nitrogen and oxygen atoms in total. The van der Waals surface area contributed by atoms with E-state index in [0.717, 1.165) is 12.1 Å². The summed E-state index contributed by atoms with van der Waals surface area (Å²) in [5.74, 6) is -1.41. The SMILES string of the molecule is Cc1ncc(CO)c2cc(C(=O)Nc3cccc(C(F)(F)F)c3)c(=Nc3ccc(C(N)=O)cc3)oc12. The van der Waals surface area contributed by atoms with E-state index in [1.165, 1.54) is 48.7 Å². The number of aromatic nitrogens is 1. The molecule has 0 unspecified atom stereocenters. The standard InChI is InChI=1S/C25H19F3N4O4/c1-13-21-19(15(12-33)11-30-13)10-20(23(35)31-18-4-2-3-16(9-18)25(26,27)28)24(36-21)32-17-7-5-14(6-8-17)22(29)34/h2-11,33H,12H2,1H3,(H2,29,34)(H,31,35). The maximum Gasteiger partial charge on any atom is 0.416 e. The maximum absolute atomic E-state index is 13.2. The van der Waals surface area contributed by atoms with Gasteiger partial charge in [0.1, 0.15) is 5.56 Å². The Morgan fingerprint density at radius 3 is 2.50 bits per heavy atom. The normalized spacial score (nSPS) is 12.1. The van der Waals surface area contributed by atoms with Gasteiger partial charge in [0.05, 0.1) is 23.6 Å². The fourth-order valence-electron chi connectivity index (χ4n) is 3.45. The number of alkyl halides is 3. The number of anilines is 1. The molecular formula is C25H19F3N4O4. The summed E-state index contributed by atoms with van der Waals surface area (Å²) < 4.78 is 45.2. The van der Waals surface area contributed by atoms with Crippen LogP contribution in [-0.4, -0.2) is 21.9 Å². The van der Waals surface area contributed by atoms with Gasteiger partial charge in [0.2, 0.25) is 11.5 Å². The van der Waals surface area contributed by atoms with E-state index in [1.54, 1.807) is 6.92 Å². The first-order chi connectivity index (χ1) is 17.1. The highest BCUT2D eigenvalue weighted by atomic mass is 19.4. The van der Waals surface area contributed by atoms with Gasteiger partial charge in [0.15, 0.2) is 5.58 Å². The van der Waals surface area contributed by atoms with Crippen LogP contribution in [0.5, 0.6) is 0 Å². The molecule has 4 rings (SSSR count). The van der Waals surface area contributed by atoms with E-state index in [2.05, 4.69) is 15.3 Å². The number of carbonyl (C=O) groups is 2. The van der Waals surface area contributed by atoms with Crippen LogP contribution < -0.4 is 16.6 Å². The van der Waals surface area contributed by atoms with Crippen LogP contribution in [0.3, 0.4) is 0 Å². The number of amides is 2. The molecule has 4 aromatic rings. The second-order valence-corrected chi connectivity index (χ2v) is 7.79. The Morgan fingerprint density at radius 2 is 1.86 bits per heavy atom. The summed E-state index contributed by atoms with van der Waals surface area (Å²) in [5.41, 5.74) is 5.68. The molecule has 11 heteroatoms. The number of nitrogens with two attached hydrogens (primary N) is 1. The van der Waals surface area contributed by atoms with Crippen molar-refractivity contribution < 1.29 is 32.3 Å². The zero-order valence-electron chi connectivity index (χ0n) is 18.8. The van der Waals surface area contributed by atoms with Gasteiger partial charge in [-0.3, -0.25) is 14.6 Å². The number of nitrogens with zero attached hydrogens (tertiary/aromatic N) is 2. The van der Waals surface area contributed by atoms with E-state index < -0.39 is 23.6 Å². The molecule has 2 aromatic carbocycles. The van der Waals surface area contributed by atoms with Gasteiger partial charge in [-0.25, -0.2) is 4.99 Å². The fraction of sp³-hybridized carbons (Fsp3) is 0.120. The van der Waals surface area contributed by atoms with Gasteiger partial charge in [-0.1, -0.05) is 6.07 Å². The first-order valence-electron chi connectivity index (χ1n) is 10.5. The minimum Gasteiger partial charge on any atom is -0.436 e. The summed E-state index contributed by atoms with van der Waals surface area (Å²) in [6.45, 7) is 1.28. The fourth-order valence-corrected chi connectivity index (χ4v) is 3.45. The van der Waals surface area contributed by atoms with Crippen molar-refractivity contribution in [3.8, 4) is 0 Å². The van der Waals surface area contributed by atoms with Crippen molar-refractivity contribution in [1.29, 1.82) is 0 Å². The Hall–Kier alpha value is -4.51. The molecule has 2 amide bonds. The van der Waals surface area contributed by atoms with E-state index in [-0.39, 0.29) is 34.6 Å². The molecule has 36 heavy (non-hydrogen) atoms. The van der Waals surface area contributed by atoms with Crippen LogP contribution in [0.1, 0.15) is 37.5 Å². The third-order valence-electron chi connectivity index (χ3n) is 5.30. The number of aliphatic hydroxyl groups excluding tert-OH is 1. The maximum atomic E-state index is 13.2. The van der Waals surface area contributed by atoms with Crippen molar-refractivity contribution in [1.82, 2.24) is 4.98 Å². The first kappa shape index (κ1) is 24.6. The highest BCUT2D eigenvalue weighted by Gasteiger charge is 2.30. The second kappa shape index (κ2) is 9.62. The molecule has 0 atom stereocenters. The van der Waals surface area contributed by atoms with Crippen molar-refractivity contribution in [2.45, 2.75) is 19.7 Å². The van der Waals surface area contributed by atoms with Gasteiger partial charge >= 0.3 is 6.18 Å². The predicted molar refractivity (Wildman–Crippen MR) is 124 cm³/mol. The second-order valence-electron chi connectivity index (χ2n) is 7.79. The topological polar surface area (TPSA) is 131 Å². The molecule has 2 heterocycles. The lowest BCUT2D eigenvalue weighted by Crippen LogP contribution is -2.22. The Morgan fingerprint density at radius 1 is 1.14 bits per heavy atom. The summed E-state index contributed by atoms with van der Waals surface area (Å²) in [5, 5.41) is 12.6. The number of nitrogens with one attached hydrogen (secondary N) is 1. The molecule has 0 saturated carbocycles. The lowest BCUT2D eigenvalue weighted by molar-refractivity contribution is -0.137. The van der Waals surface area contributed by atoms with Crippen molar-refractivity contribution >= 4 is 34.2 Å². The minimum atomic E-state index is -4.59. The Labute approximate surface area is 201 Å². The molecule has 184 valence electrons. The molecule has 0 aliphatic rings. The van der Waals surface area contributed by atoms with Crippen molar-refractivity contribution in [3.63, 3.8) is 0 Å². The van der Waals surface area contributed by atoms with Gasteiger partial charge in [-0.05, 0) is 55.5 Å². The number of primary amides is 1. The van der Waals surface area contributed by atoms with Gasteiger partial charge in [0, 0.05) is 28.4 Å². The van der Waals surface area contributed by atoms with E-state index in [9.17, 15) is 27.9 Å². The molecule has 0 radical (unpaired) electrons. The lowest BCUT2D eigenvalue weighted by Gasteiger charge is -2.11. The molecule has 0 bridgehead atoms. The molecule has 0 aliphatic heterocycles. The van der Waals surface area contributed by atoms with Crippen LogP contribution in [0.15, 0.2) is 70.2 Å². The Bertz CT molecular complexity index is 1540. The zero-order chi connectivity index (χ0) is 26.0. The van der Waals surface area contributed by atoms with Crippen LogP contribution in [0.2, 0.25) is 0 Å². The molecule has 2 aromatic heterocycles. The van der Waals surface area contributed by atoms with Gasteiger partial charge in [-0.15, -0.1) is 0 Å². The number of pyridine rings is 1. The zero-order valence-corrected chi connectivity index (χ0v) is 18.8. The smallest absolute Gasteiger partial charge is 0.416 e. The number of hydrogen-bond acceptors (Lipinski definition) is 6. The van der Waals surface area contributed by atoms with Crippen LogP contribution >= 0.6 is 0 Å². The van der Waals surface area contributed by atoms with Crippen LogP contribution in [0.4, 0.5) is 24.5 Å². The molecular weight excluding hydrogens is 477 g/mol. The van der Waals surface area contributed by atoms with Crippen molar-refractivity contribution in [2.75, 3.05) is 5.32 Å². The van der Waals surface area contributed by atoms with E-state index in [4.69, 9.17) is 10.2 Å². The molecule has 0 aliphatic carbocycles. The quantitative estimate of drug-likeness (QED) is 0.381. The van der Waals surface area contributed by atoms with Gasteiger partial charge < -0.3 is 20.6 Å². The monoisotopic (exact) mass is 496 g/mol. The third kappa shape index (κ3) is 5.10. The van der Waals surface area contributed by atoms with Crippen molar-refractivity contribution in [2.24, 2.45) is 10.7 Å². The number of fused-ring (bicyclic) bond motifs is 1. The predicted octanol–water partition coefficient (Wildman–Crippen LogP) is 4.23. The Kier molecular flexibility index (Phi) is 6.58. The number of hydrogen-bond donors (Lipinski definition) is 3. The van der Waals surface area contributed by atoms with Crippen molar-refractivity contribution in [3.05, 3.63) is 94.3 Å². The molecule has 4 N–H and O–H groups in total. The molecule has 0 spiro atoms. The van der Waals surface area contributed by atoms with E-state index in [0.29, 0.717) is 22.3 Å². The Balaban J connectivity index is 1.87. The largest absolute Gasteiger partial charge is 0.436 e. The minimum absolute atomic E-state index is 0.0834.